The molecule has 2 N–H and O–H groups in total. The Balaban J connectivity index is 1.14. The first kappa shape index (κ1) is 29.0. The molecule has 0 bridgehead atoms. The van der Waals surface area contributed by atoms with Crippen molar-refractivity contribution in [1.29, 1.82) is 0 Å². The molecule has 232 valence electrons. The maximum atomic E-state index is 6.08. The Morgan fingerprint density at radius 1 is 0.977 bits per heavy atom. The molecule has 2 unspecified atom stereocenters. The Morgan fingerprint density at radius 3 is 2.55 bits per heavy atom. The van der Waals surface area contributed by atoms with Crippen LogP contribution in [0.15, 0.2) is 60.9 Å². The van der Waals surface area contributed by atoms with E-state index in [1.165, 1.54) is 11.3 Å². The molecule has 5 heterocycles. The topological polar surface area (TPSA) is 105 Å². The van der Waals surface area contributed by atoms with E-state index >= 15 is 0 Å². The zero-order valence-electron chi connectivity index (χ0n) is 25.8. The molecule has 0 spiro atoms. The molecule has 2 aromatic carbocycles. The van der Waals surface area contributed by atoms with E-state index in [4.69, 9.17) is 29.2 Å². The average Bonchev–Trinajstić information content (AvgIpc) is 3.65. The van der Waals surface area contributed by atoms with Gasteiger partial charge in [0, 0.05) is 50.1 Å². The monoisotopic (exact) mass is 598 g/mol. The molecule has 2 aromatic heterocycles. The van der Waals surface area contributed by atoms with Crippen LogP contribution in [0.5, 0.6) is 0 Å². The average molecular weight is 599 g/mol. The summed E-state index contributed by atoms with van der Waals surface area (Å²) in [7, 11) is 0. The fraction of sp³-hybridized carbons (Fsp3) is 0.485. The van der Waals surface area contributed by atoms with E-state index in [-0.39, 0.29) is 24.2 Å². The van der Waals surface area contributed by atoms with E-state index in [2.05, 4.69) is 82.2 Å². The largest absolute Gasteiger partial charge is 0.378 e. The fourth-order valence-electron chi connectivity index (χ4n) is 6.08. The van der Waals surface area contributed by atoms with Gasteiger partial charge < -0.3 is 34.3 Å². The molecule has 0 radical (unpaired) electrons. The number of benzene rings is 2. The Labute approximate surface area is 258 Å². The second-order valence-electron chi connectivity index (χ2n) is 12.7. The summed E-state index contributed by atoms with van der Waals surface area (Å²) in [5.41, 5.74) is 4.64. The van der Waals surface area contributed by atoms with E-state index in [1.807, 2.05) is 24.5 Å². The van der Waals surface area contributed by atoms with Crippen molar-refractivity contribution in [3.05, 3.63) is 66.5 Å². The molecule has 4 aromatic rings. The highest BCUT2D eigenvalue weighted by Crippen LogP contribution is 2.36. The van der Waals surface area contributed by atoms with Crippen molar-refractivity contribution < 1.29 is 14.2 Å². The zero-order chi connectivity index (χ0) is 30.1. The first-order valence-electron chi connectivity index (χ1n) is 15.7. The highest BCUT2D eigenvalue weighted by molar-refractivity contribution is 5.85. The van der Waals surface area contributed by atoms with Gasteiger partial charge in [-0.15, -0.1) is 0 Å². The third-order valence-electron chi connectivity index (χ3n) is 8.30. The minimum absolute atomic E-state index is 0.00204. The van der Waals surface area contributed by atoms with Crippen LogP contribution in [-0.2, 0) is 20.8 Å². The summed E-state index contributed by atoms with van der Waals surface area (Å²) in [6.07, 6.45) is 3.86. The van der Waals surface area contributed by atoms with Crippen molar-refractivity contribution in [2.75, 3.05) is 54.9 Å². The molecule has 3 atom stereocenters. The summed E-state index contributed by atoms with van der Waals surface area (Å²) in [6, 6.07) is 19.0. The number of imidazole rings is 1. The van der Waals surface area contributed by atoms with Crippen LogP contribution in [0.2, 0.25) is 0 Å². The maximum Gasteiger partial charge on any atom is 0.231 e. The Morgan fingerprint density at radius 2 is 1.77 bits per heavy atom. The van der Waals surface area contributed by atoms with Gasteiger partial charge in [-0.05, 0) is 63.4 Å². The lowest BCUT2D eigenvalue weighted by Gasteiger charge is -2.32. The van der Waals surface area contributed by atoms with Crippen LogP contribution >= 0.6 is 0 Å². The summed E-state index contributed by atoms with van der Waals surface area (Å²) < 4.78 is 19.7. The Hall–Kier alpha value is -3.77. The first-order chi connectivity index (χ1) is 21.4. The number of hydrogen-bond acceptors (Lipinski definition) is 10. The zero-order valence-corrected chi connectivity index (χ0v) is 25.8. The Kier molecular flexibility index (Phi) is 8.11. The number of nitrogens with one attached hydrogen (secondary N) is 2. The van der Waals surface area contributed by atoms with Crippen LogP contribution in [0.1, 0.15) is 45.2 Å². The van der Waals surface area contributed by atoms with Crippen LogP contribution < -0.4 is 15.5 Å². The van der Waals surface area contributed by atoms with Gasteiger partial charge in [0.2, 0.25) is 5.95 Å². The van der Waals surface area contributed by atoms with Crippen LogP contribution in [0.25, 0.3) is 11.2 Å². The lowest BCUT2D eigenvalue weighted by Crippen LogP contribution is -2.40. The molecule has 0 amide bonds. The number of ether oxygens (including phenoxy) is 3. The van der Waals surface area contributed by atoms with Crippen LogP contribution in [0, 0.1) is 0 Å². The van der Waals surface area contributed by atoms with E-state index < -0.39 is 0 Å². The molecular weight excluding hydrogens is 556 g/mol. The number of piperidine rings is 1. The molecule has 3 aliphatic heterocycles. The number of morpholine rings is 1. The first-order valence-corrected chi connectivity index (χ1v) is 15.7. The van der Waals surface area contributed by atoms with Crippen molar-refractivity contribution in [1.82, 2.24) is 24.4 Å². The predicted octanol–water partition coefficient (Wildman–Crippen LogP) is 5.15. The fourth-order valence-corrected chi connectivity index (χ4v) is 6.08. The lowest BCUT2D eigenvalue weighted by atomic mass is 10.1. The smallest absolute Gasteiger partial charge is 0.231 e. The summed E-state index contributed by atoms with van der Waals surface area (Å²) >= 11 is 0. The molecule has 7 rings (SSSR count). The van der Waals surface area contributed by atoms with Gasteiger partial charge in [-0.2, -0.15) is 9.97 Å². The van der Waals surface area contributed by atoms with Gasteiger partial charge in [0.25, 0.3) is 0 Å². The number of rotatable bonds is 9. The number of likely N-dealkylation sites (tertiary alicyclic amines) is 1. The summed E-state index contributed by atoms with van der Waals surface area (Å²) in [5.74, 6) is 1.24. The number of epoxide rings is 1. The van der Waals surface area contributed by atoms with Crippen molar-refractivity contribution in [3.8, 4) is 0 Å². The highest BCUT2D eigenvalue weighted by atomic mass is 16.8. The molecule has 3 fully saturated rings. The maximum absolute atomic E-state index is 6.08. The highest BCUT2D eigenvalue weighted by Gasteiger charge is 2.48. The Bertz CT molecular complexity index is 1550. The third-order valence-corrected chi connectivity index (χ3v) is 8.30. The number of anilines is 4. The van der Waals surface area contributed by atoms with E-state index in [0.717, 1.165) is 69.1 Å². The van der Waals surface area contributed by atoms with Crippen molar-refractivity contribution in [2.45, 2.75) is 64.3 Å². The van der Waals surface area contributed by atoms with E-state index in [1.54, 1.807) is 0 Å². The van der Waals surface area contributed by atoms with Gasteiger partial charge in [0.1, 0.15) is 0 Å². The third kappa shape index (κ3) is 6.66. The van der Waals surface area contributed by atoms with Gasteiger partial charge in [0.15, 0.2) is 29.5 Å². The quantitative estimate of drug-likeness (QED) is 0.251. The molecule has 11 heteroatoms. The van der Waals surface area contributed by atoms with Crippen LogP contribution in [0.3, 0.4) is 0 Å². The number of fused-ring (bicyclic) bond motifs is 1. The second kappa shape index (κ2) is 12.3. The second-order valence-corrected chi connectivity index (χ2v) is 12.7. The number of aromatic nitrogens is 4. The predicted molar refractivity (Wildman–Crippen MR) is 171 cm³/mol. The van der Waals surface area contributed by atoms with Crippen molar-refractivity contribution in [3.63, 3.8) is 0 Å². The molecule has 0 saturated carbocycles. The van der Waals surface area contributed by atoms with Gasteiger partial charge >= 0.3 is 0 Å². The number of hydrogen-bond donors (Lipinski definition) is 2. The molecule has 3 aliphatic rings. The standard InChI is InChI=1S/C33H42N8O3/c1-33(2,3)44-31-30(43-31)40-15-7-10-26(21-40)41-22-35-27-28(34-20-23-8-5-4-6-9-23)37-32(38-29(27)41)36-24-11-13-25(14-12-24)39-16-18-42-19-17-39/h4-6,8-9,11-14,22,26,30-31H,7,10,15-21H2,1-3H3,(H2,34,36,37,38)/t26-,30?,31?/m0/s1. The summed E-state index contributed by atoms with van der Waals surface area (Å²) in [5, 5.41) is 6.99. The van der Waals surface area contributed by atoms with Crippen molar-refractivity contribution >= 4 is 34.3 Å². The van der Waals surface area contributed by atoms with Gasteiger partial charge in [0.05, 0.1) is 25.1 Å². The lowest BCUT2D eigenvalue weighted by molar-refractivity contribution is -0.0579. The van der Waals surface area contributed by atoms with Gasteiger partial charge in [-0.3, -0.25) is 4.90 Å². The normalized spacial score (nSPS) is 22.7. The molecule has 11 nitrogen and oxygen atoms in total. The molecule has 3 saturated heterocycles. The molecule has 44 heavy (non-hydrogen) atoms. The van der Waals surface area contributed by atoms with E-state index in [0.29, 0.717) is 18.3 Å². The van der Waals surface area contributed by atoms with Crippen molar-refractivity contribution in [2.24, 2.45) is 0 Å². The summed E-state index contributed by atoms with van der Waals surface area (Å²) in [4.78, 5) is 19.5. The number of nitrogens with zero attached hydrogens (tertiary/aromatic N) is 6. The van der Waals surface area contributed by atoms with E-state index in [9.17, 15) is 0 Å². The SMILES string of the molecule is CC(C)(C)OC1OC1N1CCC[C@H](n2cnc3c(NCc4ccccc4)nc(Nc4ccc(N5CCOCC5)cc4)nc32)C1. The minimum atomic E-state index is -0.235. The van der Waals surface area contributed by atoms with Crippen LogP contribution in [-0.4, -0.2) is 81.9 Å². The van der Waals surface area contributed by atoms with Gasteiger partial charge in [-0.1, -0.05) is 30.3 Å². The van der Waals surface area contributed by atoms with Gasteiger partial charge in [-0.25, -0.2) is 4.98 Å². The van der Waals surface area contributed by atoms with Crippen LogP contribution in [0.4, 0.5) is 23.1 Å². The minimum Gasteiger partial charge on any atom is -0.378 e. The summed E-state index contributed by atoms with van der Waals surface area (Å²) in [6.45, 7) is 12.0. The molecular formula is C33H42N8O3. The molecule has 0 aliphatic carbocycles.